The second-order valence-electron chi connectivity index (χ2n) is 7.16. The van der Waals surface area contributed by atoms with Crippen molar-refractivity contribution in [3.05, 3.63) is 0 Å². The summed E-state index contributed by atoms with van der Waals surface area (Å²) in [5, 5.41) is 0. The molecule has 18 heavy (non-hydrogen) atoms. The number of rotatable bonds is 4. The molecular formula is C17H32O. The van der Waals surface area contributed by atoms with Crippen LogP contribution in [0.2, 0.25) is 0 Å². The molecule has 0 aromatic rings. The zero-order chi connectivity index (χ0) is 13.3. The Hall–Kier alpha value is -0.0400. The molecule has 2 rings (SSSR count). The molecule has 0 amide bonds. The molecule has 0 spiro atoms. The summed E-state index contributed by atoms with van der Waals surface area (Å²) in [6.07, 6.45) is 8.43. The number of ether oxygens (including phenoxy) is 1. The van der Waals surface area contributed by atoms with Gasteiger partial charge in [-0.15, -0.1) is 0 Å². The monoisotopic (exact) mass is 252 g/mol. The van der Waals surface area contributed by atoms with E-state index in [4.69, 9.17) is 4.74 Å². The minimum absolute atomic E-state index is 0.181. The van der Waals surface area contributed by atoms with Gasteiger partial charge in [0.15, 0.2) is 0 Å². The number of fused-ring (bicyclic) bond motifs is 2. The number of hydrogen-bond donors (Lipinski definition) is 0. The molecule has 1 heteroatoms. The van der Waals surface area contributed by atoms with Crippen LogP contribution in [0, 0.1) is 23.7 Å². The van der Waals surface area contributed by atoms with Crippen molar-refractivity contribution in [2.45, 2.75) is 84.8 Å². The summed E-state index contributed by atoms with van der Waals surface area (Å²) in [5.74, 6) is 3.45. The first-order chi connectivity index (χ1) is 8.51. The molecule has 0 heterocycles. The van der Waals surface area contributed by atoms with E-state index in [0.717, 1.165) is 30.1 Å². The van der Waals surface area contributed by atoms with E-state index < -0.39 is 0 Å². The molecule has 0 saturated heterocycles. The van der Waals surface area contributed by atoms with Gasteiger partial charge in [-0.3, -0.25) is 0 Å². The van der Waals surface area contributed by atoms with E-state index in [1.165, 1.54) is 32.1 Å². The van der Waals surface area contributed by atoms with Crippen LogP contribution in [0.25, 0.3) is 0 Å². The molecule has 0 aromatic heterocycles. The van der Waals surface area contributed by atoms with Gasteiger partial charge in [-0.1, -0.05) is 27.7 Å². The zero-order valence-electron chi connectivity index (χ0n) is 13.0. The molecule has 1 nitrogen and oxygen atoms in total. The molecule has 106 valence electrons. The van der Waals surface area contributed by atoms with E-state index in [1.54, 1.807) is 0 Å². The van der Waals surface area contributed by atoms with E-state index >= 15 is 0 Å². The zero-order valence-corrected chi connectivity index (χ0v) is 13.0. The highest BCUT2D eigenvalue weighted by molar-refractivity contribution is 5.01. The van der Waals surface area contributed by atoms with Gasteiger partial charge < -0.3 is 4.74 Å². The fourth-order valence-electron chi connectivity index (χ4n) is 4.83. The van der Waals surface area contributed by atoms with E-state index in [9.17, 15) is 0 Å². The predicted octanol–water partition coefficient (Wildman–Crippen LogP) is 5.04. The maximum atomic E-state index is 6.62. The molecule has 2 aliphatic carbocycles. The van der Waals surface area contributed by atoms with Crippen molar-refractivity contribution in [1.82, 2.24) is 0 Å². The van der Waals surface area contributed by atoms with Gasteiger partial charge in [0.05, 0.1) is 11.7 Å². The minimum atomic E-state index is 0.181. The Morgan fingerprint density at radius 1 is 1.11 bits per heavy atom. The van der Waals surface area contributed by atoms with Crippen LogP contribution in [0.1, 0.15) is 73.1 Å². The third-order valence-electron chi connectivity index (χ3n) is 5.80. The first-order valence-corrected chi connectivity index (χ1v) is 8.19. The Bertz CT molecular complexity index is 271. The Labute approximate surface area is 114 Å². The highest BCUT2D eigenvalue weighted by Gasteiger charge is 2.50. The van der Waals surface area contributed by atoms with Gasteiger partial charge in [-0.05, 0) is 69.1 Å². The Kier molecular flexibility index (Phi) is 4.41. The van der Waals surface area contributed by atoms with Crippen molar-refractivity contribution in [2.24, 2.45) is 23.7 Å². The van der Waals surface area contributed by atoms with Gasteiger partial charge >= 0.3 is 0 Å². The summed E-state index contributed by atoms with van der Waals surface area (Å²) in [4.78, 5) is 0. The molecule has 0 aliphatic heterocycles. The lowest BCUT2D eigenvalue weighted by atomic mass is 9.57. The average molecular weight is 252 g/mol. The first-order valence-electron chi connectivity index (χ1n) is 8.19. The van der Waals surface area contributed by atoms with Crippen molar-refractivity contribution in [3.8, 4) is 0 Å². The highest BCUT2D eigenvalue weighted by Crippen LogP contribution is 2.53. The largest absolute Gasteiger partial charge is 0.372 e. The van der Waals surface area contributed by atoms with E-state index in [-0.39, 0.29) is 5.60 Å². The normalized spacial score (nSPS) is 45.8. The molecule has 6 atom stereocenters. The molecule has 0 N–H and O–H groups in total. The highest BCUT2D eigenvalue weighted by atomic mass is 16.5. The third-order valence-corrected chi connectivity index (χ3v) is 5.80. The van der Waals surface area contributed by atoms with Crippen LogP contribution in [-0.2, 0) is 4.74 Å². The van der Waals surface area contributed by atoms with E-state index in [2.05, 4.69) is 34.6 Å². The lowest BCUT2D eigenvalue weighted by Crippen LogP contribution is -2.54. The second kappa shape index (κ2) is 5.53. The van der Waals surface area contributed by atoms with Gasteiger partial charge in [0.1, 0.15) is 0 Å². The van der Waals surface area contributed by atoms with Gasteiger partial charge in [-0.2, -0.15) is 0 Å². The minimum Gasteiger partial charge on any atom is -0.372 e. The van der Waals surface area contributed by atoms with Crippen molar-refractivity contribution in [1.29, 1.82) is 0 Å². The average Bonchev–Trinajstić information content (AvgIpc) is 2.33. The summed E-state index contributed by atoms with van der Waals surface area (Å²) in [6.45, 7) is 11.7. The quantitative estimate of drug-likeness (QED) is 0.681. The topological polar surface area (TPSA) is 9.23 Å². The fourth-order valence-corrected chi connectivity index (χ4v) is 4.83. The summed E-state index contributed by atoms with van der Waals surface area (Å²) in [6, 6.07) is 0. The van der Waals surface area contributed by atoms with Crippen molar-refractivity contribution in [3.63, 3.8) is 0 Å². The molecule has 0 radical (unpaired) electrons. The summed E-state index contributed by atoms with van der Waals surface area (Å²) >= 11 is 0. The maximum Gasteiger partial charge on any atom is 0.0737 e. The summed E-state index contributed by atoms with van der Waals surface area (Å²) in [5.41, 5.74) is 0.181. The van der Waals surface area contributed by atoms with Crippen LogP contribution < -0.4 is 0 Å². The molecule has 0 aromatic carbocycles. The van der Waals surface area contributed by atoms with Crippen LogP contribution in [0.4, 0.5) is 0 Å². The van der Waals surface area contributed by atoms with Gasteiger partial charge in [0.25, 0.3) is 0 Å². The lowest BCUT2D eigenvalue weighted by Gasteiger charge is -2.55. The second-order valence-corrected chi connectivity index (χ2v) is 7.16. The predicted molar refractivity (Wildman–Crippen MR) is 77.6 cm³/mol. The molecular weight excluding hydrogens is 220 g/mol. The molecule has 2 fully saturated rings. The first kappa shape index (κ1) is 14.4. The van der Waals surface area contributed by atoms with E-state index in [0.29, 0.717) is 6.10 Å². The molecule has 2 bridgehead atoms. The Morgan fingerprint density at radius 2 is 1.83 bits per heavy atom. The van der Waals surface area contributed by atoms with Crippen LogP contribution >= 0.6 is 0 Å². The van der Waals surface area contributed by atoms with Crippen molar-refractivity contribution >= 4 is 0 Å². The fraction of sp³-hybridized carbons (Fsp3) is 1.00. The van der Waals surface area contributed by atoms with Gasteiger partial charge in [-0.25, -0.2) is 0 Å². The summed E-state index contributed by atoms with van der Waals surface area (Å²) < 4.78 is 6.62. The van der Waals surface area contributed by atoms with E-state index in [1.807, 2.05) is 0 Å². The van der Waals surface area contributed by atoms with Crippen LogP contribution in [0.3, 0.4) is 0 Å². The van der Waals surface area contributed by atoms with Crippen LogP contribution in [-0.4, -0.2) is 11.7 Å². The van der Waals surface area contributed by atoms with Gasteiger partial charge in [0.2, 0.25) is 0 Å². The molecule has 6 unspecified atom stereocenters. The Balaban J connectivity index is 2.20. The maximum absolute atomic E-state index is 6.62. The number of hydrogen-bond acceptors (Lipinski definition) is 1. The molecule has 2 aliphatic rings. The standard InChI is InChI=1S/C17H32O/c1-6-14(5)18-17(7-2)13(4)10-15-8-12(3)9-16(17)11-15/h12-16H,6-11H2,1-5H3. The van der Waals surface area contributed by atoms with Gasteiger partial charge in [0, 0.05) is 0 Å². The summed E-state index contributed by atoms with van der Waals surface area (Å²) in [7, 11) is 0. The van der Waals surface area contributed by atoms with Crippen LogP contribution in [0.5, 0.6) is 0 Å². The lowest BCUT2D eigenvalue weighted by molar-refractivity contribution is -0.192. The molecule has 2 saturated carbocycles. The SMILES string of the molecule is CCC(C)OC1(CC)C(C)CC2CC(C)CC1C2. The van der Waals surface area contributed by atoms with Crippen molar-refractivity contribution < 1.29 is 4.74 Å². The smallest absolute Gasteiger partial charge is 0.0737 e. The Morgan fingerprint density at radius 3 is 2.44 bits per heavy atom. The van der Waals surface area contributed by atoms with Crippen LogP contribution in [0.15, 0.2) is 0 Å². The third kappa shape index (κ3) is 2.48. The van der Waals surface area contributed by atoms with Crippen molar-refractivity contribution in [2.75, 3.05) is 0 Å².